The normalized spacial score (nSPS) is 24.1. The number of benzene rings is 1. The number of aryl methyl sites for hydroxylation is 1. The summed E-state index contributed by atoms with van der Waals surface area (Å²) in [6.45, 7) is 1.81. The molecule has 1 aromatic rings. The van der Waals surface area contributed by atoms with Crippen LogP contribution in [0.5, 0.6) is 0 Å². The van der Waals surface area contributed by atoms with Crippen molar-refractivity contribution in [2.75, 3.05) is 13.7 Å². The number of carbonyl (C=O) groups excluding carboxylic acids is 1. The van der Waals surface area contributed by atoms with Gasteiger partial charge in [-0.1, -0.05) is 24.3 Å². The van der Waals surface area contributed by atoms with Gasteiger partial charge < -0.3 is 14.7 Å². The van der Waals surface area contributed by atoms with Crippen LogP contribution < -0.4 is 0 Å². The number of rotatable bonds is 2. The first-order chi connectivity index (χ1) is 8.52. The van der Waals surface area contributed by atoms with Crippen molar-refractivity contribution in [2.45, 2.75) is 19.1 Å². The average Bonchev–Trinajstić information content (AvgIpc) is 2.33. The van der Waals surface area contributed by atoms with Crippen LogP contribution in [0.2, 0.25) is 0 Å². The number of hydrogen-bond donors (Lipinski definition) is 1. The van der Waals surface area contributed by atoms with Gasteiger partial charge in [-0.3, -0.25) is 4.79 Å². The maximum atomic E-state index is 11.5. The summed E-state index contributed by atoms with van der Waals surface area (Å²) in [5, 5.41) is 9.28. The molecule has 0 radical (unpaired) electrons. The Hall–Kier alpha value is -1.88. The highest BCUT2D eigenvalue weighted by Crippen LogP contribution is 2.30. The lowest BCUT2D eigenvalue weighted by molar-refractivity contribution is -0.169. The molecule has 1 amide bonds. The molecule has 0 spiro atoms. The van der Waals surface area contributed by atoms with E-state index in [1.165, 1.54) is 11.9 Å². The molecule has 2 unspecified atom stereocenters. The first-order valence-corrected chi connectivity index (χ1v) is 5.68. The van der Waals surface area contributed by atoms with Crippen LogP contribution in [0.1, 0.15) is 17.2 Å². The topological polar surface area (TPSA) is 66.8 Å². The van der Waals surface area contributed by atoms with Crippen LogP contribution >= 0.6 is 0 Å². The Bertz CT molecular complexity index is 486. The van der Waals surface area contributed by atoms with Gasteiger partial charge in [0.15, 0.2) is 6.04 Å². The zero-order valence-electron chi connectivity index (χ0n) is 10.3. The van der Waals surface area contributed by atoms with Gasteiger partial charge in [0, 0.05) is 7.05 Å². The molecule has 1 heterocycles. The molecule has 18 heavy (non-hydrogen) atoms. The molecular formula is C13H15NO4. The van der Waals surface area contributed by atoms with Crippen molar-refractivity contribution in [1.82, 2.24) is 4.90 Å². The number of carbonyl (C=O) groups is 2. The van der Waals surface area contributed by atoms with E-state index in [1.807, 2.05) is 31.2 Å². The number of amides is 1. The highest BCUT2D eigenvalue weighted by atomic mass is 16.5. The number of likely N-dealkylation sites (N-methyl/N-ethyl adjacent to an activating group) is 1. The van der Waals surface area contributed by atoms with E-state index >= 15 is 0 Å². The molecule has 5 nitrogen and oxygen atoms in total. The lowest BCUT2D eigenvalue weighted by atomic mass is 9.96. The molecule has 2 rings (SSSR count). The third-order valence-corrected chi connectivity index (χ3v) is 3.23. The second-order valence-electron chi connectivity index (χ2n) is 4.38. The summed E-state index contributed by atoms with van der Waals surface area (Å²) in [6, 6.07) is 6.47. The van der Waals surface area contributed by atoms with E-state index in [1.54, 1.807) is 0 Å². The van der Waals surface area contributed by atoms with Gasteiger partial charge in [0.1, 0.15) is 12.7 Å². The van der Waals surface area contributed by atoms with E-state index in [0.29, 0.717) is 0 Å². The second kappa shape index (κ2) is 4.78. The molecule has 1 saturated heterocycles. The molecule has 0 aliphatic carbocycles. The zero-order valence-corrected chi connectivity index (χ0v) is 10.3. The van der Waals surface area contributed by atoms with Gasteiger partial charge in [-0.2, -0.15) is 0 Å². The lowest BCUT2D eigenvalue weighted by Crippen LogP contribution is -2.52. The molecule has 1 aromatic carbocycles. The minimum atomic E-state index is -1.06. The Kier molecular flexibility index (Phi) is 3.34. The zero-order chi connectivity index (χ0) is 13.3. The molecule has 2 atom stereocenters. The van der Waals surface area contributed by atoms with E-state index in [9.17, 15) is 14.7 Å². The quantitative estimate of drug-likeness (QED) is 0.848. The van der Waals surface area contributed by atoms with Crippen LogP contribution in [0.4, 0.5) is 0 Å². The predicted octanol–water partition coefficient (Wildman–Crippen LogP) is 0.978. The Morgan fingerprint density at radius 2 is 2.11 bits per heavy atom. The summed E-state index contributed by atoms with van der Waals surface area (Å²) in [4.78, 5) is 24.1. The Balaban J connectivity index is 2.40. The van der Waals surface area contributed by atoms with E-state index in [4.69, 9.17) is 4.74 Å². The van der Waals surface area contributed by atoms with Crippen molar-refractivity contribution < 1.29 is 19.4 Å². The third-order valence-electron chi connectivity index (χ3n) is 3.23. The van der Waals surface area contributed by atoms with Gasteiger partial charge in [-0.15, -0.1) is 0 Å². The maximum Gasteiger partial charge on any atom is 0.329 e. The number of ether oxygens (including phenoxy) is 1. The largest absolute Gasteiger partial charge is 0.480 e. The predicted molar refractivity (Wildman–Crippen MR) is 64.1 cm³/mol. The van der Waals surface area contributed by atoms with E-state index in [2.05, 4.69) is 0 Å². The van der Waals surface area contributed by atoms with Crippen LogP contribution in [0, 0.1) is 6.92 Å². The molecule has 96 valence electrons. The fourth-order valence-electron chi connectivity index (χ4n) is 2.17. The molecule has 1 N–H and O–H groups in total. The van der Waals surface area contributed by atoms with Crippen molar-refractivity contribution >= 4 is 11.9 Å². The van der Waals surface area contributed by atoms with Gasteiger partial charge >= 0.3 is 5.97 Å². The maximum absolute atomic E-state index is 11.5. The molecular weight excluding hydrogens is 234 g/mol. The SMILES string of the molecule is Cc1ccccc1C1OCC(=O)N(C)C1C(=O)O. The smallest absolute Gasteiger partial charge is 0.329 e. The number of morpholine rings is 1. The third kappa shape index (κ3) is 2.09. The van der Waals surface area contributed by atoms with Crippen molar-refractivity contribution in [3.05, 3.63) is 35.4 Å². The molecule has 5 heteroatoms. The van der Waals surface area contributed by atoms with Gasteiger partial charge in [-0.05, 0) is 18.1 Å². The highest BCUT2D eigenvalue weighted by molar-refractivity contribution is 5.86. The van der Waals surface area contributed by atoms with Crippen molar-refractivity contribution in [1.29, 1.82) is 0 Å². The summed E-state index contributed by atoms with van der Waals surface area (Å²) in [7, 11) is 1.49. The number of nitrogens with zero attached hydrogens (tertiary/aromatic N) is 1. The number of hydrogen-bond acceptors (Lipinski definition) is 3. The van der Waals surface area contributed by atoms with Crippen LogP contribution in [0.15, 0.2) is 24.3 Å². The van der Waals surface area contributed by atoms with E-state index < -0.39 is 18.1 Å². The minimum Gasteiger partial charge on any atom is -0.480 e. The molecule has 1 aliphatic rings. The fourth-order valence-corrected chi connectivity index (χ4v) is 2.17. The van der Waals surface area contributed by atoms with Crippen LogP contribution in [0.25, 0.3) is 0 Å². The lowest BCUT2D eigenvalue weighted by Gasteiger charge is -2.36. The van der Waals surface area contributed by atoms with Crippen molar-refractivity contribution in [3.63, 3.8) is 0 Å². The highest BCUT2D eigenvalue weighted by Gasteiger charge is 2.40. The van der Waals surface area contributed by atoms with Gasteiger partial charge in [0.25, 0.3) is 0 Å². The molecule has 0 bridgehead atoms. The Morgan fingerprint density at radius 3 is 2.72 bits per heavy atom. The molecule has 1 fully saturated rings. The fraction of sp³-hybridized carbons (Fsp3) is 0.385. The number of carboxylic acid groups (broad SMARTS) is 1. The molecule has 1 aliphatic heterocycles. The Labute approximate surface area is 105 Å². The number of aliphatic carboxylic acids is 1. The summed E-state index contributed by atoms with van der Waals surface area (Å²) >= 11 is 0. The van der Waals surface area contributed by atoms with Crippen LogP contribution in [-0.4, -0.2) is 41.6 Å². The minimum absolute atomic E-state index is 0.0840. The number of carboxylic acids is 1. The van der Waals surface area contributed by atoms with E-state index in [-0.39, 0.29) is 12.5 Å². The summed E-state index contributed by atoms with van der Waals surface area (Å²) in [6.07, 6.45) is -0.619. The molecule has 0 aromatic heterocycles. The average molecular weight is 249 g/mol. The monoisotopic (exact) mass is 249 g/mol. The van der Waals surface area contributed by atoms with Gasteiger partial charge in [0.2, 0.25) is 5.91 Å². The first kappa shape index (κ1) is 12.6. The Morgan fingerprint density at radius 1 is 1.44 bits per heavy atom. The summed E-state index contributed by atoms with van der Waals surface area (Å²) in [5.41, 5.74) is 1.76. The molecule has 0 saturated carbocycles. The van der Waals surface area contributed by atoms with E-state index in [0.717, 1.165) is 11.1 Å². The summed E-state index contributed by atoms with van der Waals surface area (Å²) < 4.78 is 5.43. The standard InChI is InChI=1S/C13H15NO4/c1-8-5-3-4-6-9(8)12-11(13(16)17)14(2)10(15)7-18-12/h3-6,11-12H,7H2,1-2H3,(H,16,17). The van der Waals surface area contributed by atoms with Crippen molar-refractivity contribution in [2.24, 2.45) is 0 Å². The second-order valence-corrected chi connectivity index (χ2v) is 4.38. The van der Waals surface area contributed by atoms with Gasteiger partial charge in [0.05, 0.1) is 0 Å². The van der Waals surface area contributed by atoms with Crippen LogP contribution in [0.3, 0.4) is 0 Å². The van der Waals surface area contributed by atoms with Crippen molar-refractivity contribution in [3.8, 4) is 0 Å². The first-order valence-electron chi connectivity index (χ1n) is 5.68. The van der Waals surface area contributed by atoms with Gasteiger partial charge in [-0.25, -0.2) is 4.79 Å². The summed E-state index contributed by atoms with van der Waals surface area (Å²) in [5.74, 6) is -1.37. The van der Waals surface area contributed by atoms with Crippen LogP contribution in [-0.2, 0) is 14.3 Å².